The lowest BCUT2D eigenvalue weighted by Gasteiger charge is -2.33. The van der Waals surface area contributed by atoms with Crippen LogP contribution in [0, 0.1) is 0 Å². The van der Waals surface area contributed by atoms with E-state index < -0.39 is 15.4 Å². The molecule has 1 saturated heterocycles. The molecule has 1 fully saturated rings. The van der Waals surface area contributed by atoms with Gasteiger partial charge in [0.05, 0.1) is 31.5 Å². The fourth-order valence-electron chi connectivity index (χ4n) is 2.91. The molecule has 2 heterocycles. The Morgan fingerprint density at radius 1 is 1.19 bits per heavy atom. The molecule has 8 heteroatoms. The zero-order chi connectivity index (χ0) is 15.3. The first-order valence-electron chi connectivity index (χ1n) is 6.47. The van der Waals surface area contributed by atoms with E-state index in [0.717, 1.165) is 0 Å². The number of fused-ring (bicyclic) bond motifs is 2. The molecule has 0 bridgehead atoms. The number of rotatable bonds is 2. The Bertz CT molecular complexity index is 716. The minimum Gasteiger partial charge on any atom is -0.493 e. The van der Waals surface area contributed by atoms with Crippen molar-refractivity contribution in [1.29, 1.82) is 0 Å². The number of methoxy groups -OCH3 is 2. The van der Waals surface area contributed by atoms with Gasteiger partial charge in [0.15, 0.2) is 21.3 Å². The first kappa shape index (κ1) is 14.2. The van der Waals surface area contributed by atoms with Gasteiger partial charge in [0.1, 0.15) is 5.54 Å². The van der Waals surface area contributed by atoms with E-state index in [2.05, 4.69) is 10.6 Å². The zero-order valence-electron chi connectivity index (χ0n) is 11.7. The van der Waals surface area contributed by atoms with Crippen molar-refractivity contribution in [2.75, 3.05) is 26.6 Å². The number of hydrogen-bond donors (Lipinski definition) is 2. The topological polar surface area (TPSA) is 93.7 Å². The molecular weight excluding hydrogens is 296 g/mol. The van der Waals surface area contributed by atoms with Gasteiger partial charge in [0, 0.05) is 11.6 Å². The third-order valence-corrected chi connectivity index (χ3v) is 5.80. The Hall–Kier alpha value is -1.80. The molecule has 2 N–H and O–H groups in total. The molecule has 1 atom stereocenters. The highest BCUT2D eigenvalue weighted by molar-refractivity contribution is 7.91. The number of ether oxygens (including phenoxy) is 2. The molecular formula is C13H16N2O5S. The second-order valence-corrected chi connectivity index (χ2v) is 7.11. The third kappa shape index (κ3) is 1.90. The van der Waals surface area contributed by atoms with Crippen LogP contribution in [-0.2, 0) is 20.2 Å². The average Bonchev–Trinajstić information content (AvgIpc) is 2.84. The monoisotopic (exact) mass is 312 g/mol. The molecule has 1 unspecified atom stereocenters. The van der Waals surface area contributed by atoms with Crippen molar-refractivity contribution >= 4 is 15.7 Å². The summed E-state index contributed by atoms with van der Waals surface area (Å²) in [5, 5.41) is 5.78. The Morgan fingerprint density at radius 3 is 2.43 bits per heavy atom. The molecule has 3 rings (SSSR count). The van der Waals surface area contributed by atoms with Crippen LogP contribution in [0.25, 0.3) is 0 Å². The van der Waals surface area contributed by atoms with Gasteiger partial charge in [0.25, 0.3) is 0 Å². The van der Waals surface area contributed by atoms with Crippen molar-refractivity contribution in [1.82, 2.24) is 10.6 Å². The van der Waals surface area contributed by atoms with E-state index in [1.165, 1.54) is 20.3 Å². The number of nitrogens with one attached hydrogen (secondary N) is 2. The van der Waals surface area contributed by atoms with Crippen molar-refractivity contribution in [2.45, 2.75) is 16.9 Å². The van der Waals surface area contributed by atoms with Crippen molar-refractivity contribution < 1.29 is 22.7 Å². The van der Waals surface area contributed by atoms with E-state index in [1.807, 2.05) is 0 Å². The van der Waals surface area contributed by atoms with Gasteiger partial charge in [-0.15, -0.1) is 0 Å². The summed E-state index contributed by atoms with van der Waals surface area (Å²) in [6, 6.07) is 3.00. The van der Waals surface area contributed by atoms with Gasteiger partial charge < -0.3 is 14.8 Å². The van der Waals surface area contributed by atoms with Crippen molar-refractivity contribution in [2.24, 2.45) is 0 Å². The minimum atomic E-state index is -3.44. The Kier molecular flexibility index (Phi) is 3.10. The van der Waals surface area contributed by atoms with Crippen LogP contribution in [0.4, 0.5) is 0 Å². The van der Waals surface area contributed by atoms with Crippen molar-refractivity contribution in [3.05, 3.63) is 17.7 Å². The number of benzene rings is 1. The Balaban J connectivity index is 2.31. The van der Waals surface area contributed by atoms with Crippen LogP contribution in [0.3, 0.4) is 0 Å². The normalized spacial score (nSPS) is 26.3. The van der Waals surface area contributed by atoms with Gasteiger partial charge in [-0.3, -0.25) is 10.1 Å². The fraction of sp³-hybridized carbons (Fsp3) is 0.462. The van der Waals surface area contributed by atoms with Gasteiger partial charge in [0.2, 0.25) is 5.91 Å². The summed E-state index contributed by atoms with van der Waals surface area (Å²) in [5.74, 6) is 0.422. The fourth-order valence-corrected chi connectivity index (χ4v) is 4.56. The molecule has 114 valence electrons. The second kappa shape index (κ2) is 4.60. The largest absolute Gasteiger partial charge is 0.493 e. The first-order valence-corrected chi connectivity index (χ1v) is 8.12. The highest BCUT2D eigenvalue weighted by Crippen LogP contribution is 2.43. The maximum atomic E-state index is 12.3. The molecule has 1 aromatic rings. The van der Waals surface area contributed by atoms with Crippen LogP contribution in [-0.4, -0.2) is 41.0 Å². The standard InChI is InChI=1S/C13H16N2O5S/c1-19-9-5-8-11(6-10(9)20-2)21(17,18)4-3-13(8)12(16)14-7-15-13/h5-6,15H,3-4,7H2,1-2H3,(H,14,16). The summed E-state index contributed by atoms with van der Waals surface area (Å²) < 4.78 is 35.1. The van der Waals surface area contributed by atoms with Gasteiger partial charge in [-0.1, -0.05) is 0 Å². The molecule has 7 nitrogen and oxygen atoms in total. The second-order valence-electron chi connectivity index (χ2n) is 5.04. The molecule has 1 amide bonds. The van der Waals surface area contributed by atoms with Gasteiger partial charge in [-0.05, 0) is 12.5 Å². The van der Waals surface area contributed by atoms with E-state index in [4.69, 9.17) is 9.47 Å². The first-order chi connectivity index (χ1) is 9.94. The predicted molar refractivity (Wildman–Crippen MR) is 74.0 cm³/mol. The molecule has 1 spiro atoms. The average molecular weight is 312 g/mol. The highest BCUT2D eigenvalue weighted by atomic mass is 32.2. The molecule has 21 heavy (non-hydrogen) atoms. The van der Waals surface area contributed by atoms with Crippen molar-refractivity contribution in [3.8, 4) is 11.5 Å². The molecule has 0 saturated carbocycles. The third-order valence-electron chi connectivity index (χ3n) is 4.05. The molecule has 2 aliphatic heterocycles. The lowest BCUT2D eigenvalue weighted by molar-refractivity contribution is -0.124. The number of carbonyl (C=O) groups excluding carboxylic acids is 1. The van der Waals surface area contributed by atoms with Gasteiger partial charge in [-0.2, -0.15) is 0 Å². The SMILES string of the molecule is COc1cc2c(cc1OC)S(=O)(=O)CCC21NCNC1=O. The summed E-state index contributed by atoms with van der Waals surface area (Å²) >= 11 is 0. The molecule has 0 aromatic heterocycles. The molecule has 2 aliphatic rings. The van der Waals surface area contributed by atoms with Crippen LogP contribution in [0.1, 0.15) is 12.0 Å². The Morgan fingerprint density at radius 2 is 1.86 bits per heavy atom. The summed E-state index contributed by atoms with van der Waals surface area (Å²) in [7, 11) is -0.533. The maximum absolute atomic E-state index is 12.3. The van der Waals surface area contributed by atoms with E-state index in [9.17, 15) is 13.2 Å². The number of sulfone groups is 1. The lowest BCUT2D eigenvalue weighted by atomic mass is 9.86. The number of carbonyl (C=O) groups is 1. The van der Waals surface area contributed by atoms with Gasteiger partial charge >= 0.3 is 0 Å². The van der Waals surface area contributed by atoms with Crippen LogP contribution in [0.2, 0.25) is 0 Å². The van der Waals surface area contributed by atoms with Crippen LogP contribution < -0.4 is 20.1 Å². The molecule has 0 aliphatic carbocycles. The summed E-state index contributed by atoms with van der Waals surface area (Å²) in [6.45, 7) is 0.312. The quantitative estimate of drug-likeness (QED) is 0.782. The number of hydrogen-bond acceptors (Lipinski definition) is 6. The summed E-state index contributed by atoms with van der Waals surface area (Å²) in [4.78, 5) is 12.4. The number of amides is 1. The molecule has 0 radical (unpaired) electrons. The summed E-state index contributed by atoms with van der Waals surface area (Å²) in [5.41, 5.74) is -0.596. The lowest BCUT2D eigenvalue weighted by Crippen LogP contribution is -2.48. The van der Waals surface area contributed by atoms with Crippen molar-refractivity contribution in [3.63, 3.8) is 0 Å². The van der Waals surface area contributed by atoms with Crippen LogP contribution in [0.15, 0.2) is 17.0 Å². The van der Waals surface area contributed by atoms with E-state index >= 15 is 0 Å². The van der Waals surface area contributed by atoms with Gasteiger partial charge in [-0.25, -0.2) is 8.42 Å². The van der Waals surface area contributed by atoms with E-state index in [-0.39, 0.29) is 23.0 Å². The smallest absolute Gasteiger partial charge is 0.246 e. The van der Waals surface area contributed by atoms with E-state index in [1.54, 1.807) is 6.07 Å². The summed E-state index contributed by atoms with van der Waals surface area (Å²) in [6.07, 6.45) is 0.198. The van der Waals surface area contributed by atoms with Crippen LogP contribution >= 0.6 is 0 Å². The minimum absolute atomic E-state index is 0.0874. The highest BCUT2D eigenvalue weighted by Gasteiger charge is 2.50. The van der Waals surface area contributed by atoms with E-state index in [0.29, 0.717) is 23.7 Å². The molecule has 1 aromatic carbocycles. The zero-order valence-corrected chi connectivity index (χ0v) is 12.5. The Labute approximate surface area is 122 Å². The maximum Gasteiger partial charge on any atom is 0.246 e. The van der Waals surface area contributed by atoms with Crippen LogP contribution in [0.5, 0.6) is 11.5 Å². The predicted octanol–water partition coefficient (Wildman–Crippen LogP) is -0.247.